The molecule has 0 saturated heterocycles. The molecule has 0 aromatic carbocycles. The molecule has 4 nitrogen and oxygen atoms in total. The summed E-state index contributed by atoms with van der Waals surface area (Å²) in [6.07, 6.45) is 1.83. The second kappa shape index (κ2) is 10.4. The minimum atomic E-state index is -0.467. The first-order chi connectivity index (χ1) is 8.47. The van der Waals surface area contributed by atoms with Gasteiger partial charge < -0.3 is 9.47 Å². The number of hydrogen-bond acceptors (Lipinski definition) is 4. The van der Waals surface area contributed by atoms with E-state index in [1.807, 2.05) is 6.92 Å². The molecule has 18 heavy (non-hydrogen) atoms. The van der Waals surface area contributed by atoms with Crippen molar-refractivity contribution in [2.75, 3.05) is 13.2 Å². The Labute approximate surface area is 118 Å². The molecular weight excluding hydrogens is 279 g/mol. The summed E-state index contributed by atoms with van der Waals surface area (Å²) in [5, 5.41) is -0.703. The molecule has 6 heteroatoms. The summed E-state index contributed by atoms with van der Waals surface area (Å²) in [5.74, 6) is -0.848. The highest BCUT2D eigenvalue weighted by molar-refractivity contribution is 6.29. The van der Waals surface area contributed by atoms with Crippen LogP contribution in [0.2, 0.25) is 0 Å². The molecule has 2 unspecified atom stereocenters. The fourth-order valence-electron chi connectivity index (χ4n) is 0.984. The highest BCUT2D eigenvalue weighted by Crippen LogP contribution is 2.10. The number of alkyl halides is 2. The van der Waals surface area contributed by atoms with E-state index in [9.17, 15) is 9.59 Å². The van der Waals surface area contributed by atoms with Gasteiger partial charge in [-0.2, -0.15) is 0 Å². The van der Waals surface area contributed by atoms with Crippen molar-refractivity contribution in [2.45, 2.75) is 50.3 Å². The maximum Gasteiger partial charge on any atom is 0.306 e. The molecular formula is C12H20Cl2O4. The Morgan fingerprint density at radius 3 is 2.17 bits per heavy atom. The maximum atomic E-state index is 11.3. The summed E-state index contributed by atoms with van der Waals surface area (Å²) >= 11 is 11.5. The third kappa shape index (κ3) is 9.54. The van der Waals surface area contributed by atoms with E-state index in [1.54, 1.807) is 6.92 Å². The quantitative estimate of drug-likeness (QED) is 0.373. The van der Waals surface area contributed by atoms with Crippen LogP contribution in [0.5, 0.6) is 0 Å². The Morgan fingerprint density at radius 2 is 1.67 bits per heavy atom. The van der Waals surface area contributed by atoms with Crippen molar-refractivity contribution in [2.24, 2.45) is 0 Å². The van der Waals surface area contributed by atoms with Crippen molar-refractivity contribution >= 4 is 35.1 Å². The van der Waals surface area contributed by atoms with Crippen LogP contribution >= 0.6 is 23.2 Å². The minimum Gasteiger partial charge on any atom is -0.466 e. The summed E-state index contributed by atoms with van der Waals surface area (Å²) < 4.78 is 9.78. The van der Waals surface area contributed by atoms with Crippen LogP contribution in [-0.2, 0) is 19.1 Å². The summed E-state index contributed by atoms with van der Waals surface area (Å²) in [6.45, 7) is 4.18. The SMILES string of the molecule is CCCCOC(=O)CCC(=O)OCC(Cl)C(C)Cl. The Balaban J connectivity index is 3.61. The number of halogens is 2. The number of ether oxygens (including phenoxy) is 2. The molecule has 0 fully saturated rings. The van der Waals surface area contributed by atoms with E-state index in [0.717, 1.165) is 12.8 Å². The molecule has 0 aromatic heterocycles. The molecule has 0 N–H and O–H groups in total. The van der Waals surface area contributed by atoms with E-state index in [1.165, 1.54) is 0 Å². The Bertz CT molecular complexity index is 256. The first kappa shape index (κ1) is 17.5. The first-order valence-corrected chi connectivity index (χ1v) is 6.94. The molecule has 0 heterocycles. The van der Waals surface area contributed by atoms with E-state index in [2.05, 4.69) is 0 Å². The van der Waals surface area contributed by atoms with E-state index >= 15 is 0 Å². The molecule has 106 valence electrons. The molecule has 0 bridgehead atoms. The van der Waals surface area contributed by atoms with Gasteiger partial charge in [0.2, 0.25) is 0 Å². The van der Waals surface area contributed by atoms with Gasteiger partial charge in [0.15, 0.2) is 0 Å². The summed E-state index contributed by atoms with van der Waals surface area (Å²) in [6, 6.07) is 0. The summed E-state index contributed by atoms with van der Waals surface area (Å²) in [4.78, 5) is 22.5. The van der Waals surface area contributed by atoms with Crippen molar-refractivity contribution in [3.8, 4) is 0 Å². The lowest BCUT2D eigenvalue weighted by atomic mass is 10.3. The zero-order chi connectivity index (χ0) is 14.0. The smallest absolute Gasteiger partial charge is 0.306 e. The molecule has 0 saturated carbocycles. The Morgan fingerprint density at radius 1 is 1.11 bits per heavy atom. The lowest BCUT2D eigenvalue weighted by Crippen LogP contribution is -2.21. The van der Waals surface area contributed by atoms with E-state index in [-0.39, 0.29) is 30.8 Å². The van der Waals surface area contributed by atoms with Crippen molar-refractivity contribution in [3.05, 3.63) is 0 Å². The normalized spacial score (nSPS) is 13.8. The van der Waals surface area contributed by atoms with Crippen LogP contribution < -0.4 is 0 Å². The van der Waals surface area contributed by atoms with Gasteiger partial charge in [0, 0.05) is 0 Å². The molecule has 0 aliphatic rings. The highest BCUT2D eigenvalue weighted by atomic mass is 35.5. The number of carbonyl (C=O) groups is 2. The van der Waals surface area contributed by atoms with E-state index in [4.69, 9.17) is 32.7 Å². The van der Waals surface area contributed by atoms with Crippen LogP contribution in [0, 0.1) is 0 Å². The predicted molar refractivity (Wildman–Crippen MR) is 71.0 cm³/mol. The van der Waals surface area contributed by atoms with Crippen LogP contribution in [0.15, 0.2) is 0 Å². The van der Waals surface area contributed by atoms with Gasteiger partial charge in [0.1, 0.15) is 6.61 Å². The van der Waals surface area contributed by atoms with Gasteiger partial charge in [-0.1, -0.05) is 13.3 Å². The molecule has 2 atom stereocenters. The summed E-state index contributed by atoms with van der Waals surface area (Å²) in [5.41, 5.74) is 0. The zero-order valence-electron chi connectivity index (χ0n) is 10.8. The van der Waals surface area contributed by atoms with Crippen molar-refractivity contribution in [3.63, 3.8) is 0 Å². The fraction of sp³-hybridized carbons (Fsp3) is 0.833. The van der Waals surface area contributed by atoms with Crippen molar-refractivity contribution < 1.29 is 19.1 Å². The molecule has 0 spiro atoms. The largest absolute Gasteiger partial charge is 0.466 e. The van der Waals surface area contributed by atoms with Crippen LogP contribution in [0.25, 0.3) is 0 Å². The minimum absolute atomic E-state index is 0.00519. The first-order valence-electron chi connectivity index (χ1n) is 6.06. The van der Waals surface area contributed by atoms with Crippen LogP contribution in [0.1, 0.15) is 39.5 Å². The number of hydrogen-bond donors (Lipinski definition) is 0. The lowest BCUT2D eigenvalue weighted by Gasteiger charge is -2.11. The topological polar surface area (TPSA) is 52.6 Å². The molecule has 0 rings (SSSR count). The van der Waals surface area contributed by atoms with E-state index < -0.39 is 11.3 Å². The van der Waals surface area contributed by atoms with Gasteiger partial charge in [-0.25, -0.2) is 0 Å². The maximum absolute atomic E-state index is 11.3. The highest BCUT2D eigenvalue weighted by Gasteiger charge is 2.15. The monoisotopic (exact) mass is 298 g/mol. The zero-order valence-corrected chi connectivity index (χ0v) is 12.3. The van der Waals surface area contributed by atoms with Crippen LogP contribution in [0.4, 0.5) is 0 Å². The van der Waals surface area contributed by atoms with Gasteiger partial charge >= 0.3 is 11.9 Å². The average molecular weight is 299 g/mol. The van der Waals surface area contributed by atoms with Gasteiger partial charge in [-0.3, -0.25) is 9.59 Å². The summed E-state index contributed by atoms with van der Waals surface area (Å²) in [7, 11) is 0. The molecule has 0 aromatic rings. The molecule has 0 aliphatic carbocycles. The molecule has 0 amide bonds. The van der Waals surface area contributed by atoms with Gasteiger partial charge in [-0.15, -0.1) is 23.2 Å². The number of rotatable bonds is 9. The average Bonchev–Trinajstić information content (AvgIpc) is 2.33. The molecule has 0 radical (unpaired) electrons. The van der Waals surface area contributed by atoms with Gasteiger partial charge in [-0.05, 0) is 13.3 Å². The standard InChI is InChI=1S/C12H20Cl2O4/c1-3-4-7-17-11(15)5-6-12(16)18-8-10(14)9(2)13/h9-10H,3-8H2,1-2H3. The lowest BCUT2D eigenvalue weighted by molar-refractivity contribution is -0.150. The predicted octanol–water partition coefficient (Wildman–Crippen LogP) is 2.89. The van der Waals surface area contributed by atoms with Gasteiger partial charge in [0.05, 0.1) is 30.2 Å². The van der Waals surface area contributed by atoms with E-state index in [0.29, 0.717) is 6.61 Å². The van der Waals surface area contributed by atoms with Crippen molar-refractivity contribution in [1.29, 1.82) is 0 Å². The van der Waals surface area contributed by atoms with Gasteiger partial charge in [0.25, 0.3) is 0 Å². The third-order valence-electron chi connectivity index (χ3n) is 2.20. The fourth-order valence-corrected chi connectivity index (χ4v) is 1.12. The number of unbranched alkanes of at least 4 members (excludes halogenated alkanes) is 1. The second-order valence-electron chi connectivity index (χ2n) is 3.95. The molecule has 0 aliphatic heterocycles. The Hall–Kier alpha value is -0.480. The van der Waals surface area contributed by atoms with Crippen LogP contribution in [-0.4, -0.2) is 35.9 Å². The third-order valence-corrected chi connectivity index (χ3v) is 3.13. The second-order valence-corrected chi connectivity index (χ2v) is 5.20. The Kier molecular flexibility index (Phi) is 10.2. The van der Waals surface area contributed by atoms with Crippen molar-refractivity contribution in [1.82, 2.24) is 0 Å². The van der Waals surface area contributed by atoms with Crippen LogP contribution in [0.3, 0.4) is 0 Å². The number of carbonyl (C=O) groups excluding carboxylic acids is 2. The number of esters is 2.